The summed E-state index contributed by atoms with van der Waals surface area (Å²) >= 11 is 0. The Hall–Kier alpha value is -1.69. The van der Waals surface area contributed by atoms with Gasteiger partial charge in [-0.25, -0.2) is 9.97 Å². The summed E-state index contributed by atoms with van der Waals surface area (Å²) in [7, 11) is 0. The number of carbonyl (C=O) groups is 1. The Morgan fingerprint density at radius 1 is 1.44 bits per heavy atom. The van der Waals surface area contributed by atoms with Crippen molar-refractivity contribution in [2.45, 2.75) is 25.7 Å². The van der Waals surface area contributed by atoms with Gasteiger partial charge < -0.3 is 16.6 Å². The molecule has 0 aliphatic heterocycles. The van der Waals surface area contributed by atoms with Crippen LogP contribution < -0.4 is 11.5 Å². The van der Waals surface area contributed by atoms with E-state index in [1.807, 2.05) is 0 Å². The molecule has 0 radical (unpaired) electrons. The van der Waals surface area contributed by atoms with Crippen molar-refractivity contribution in [3.63, 3.8) is 0 Å². The molecule has 18 heavy (non-hydrogen) atoms. The number of aliphatic hydroxyl groups is 1. The van der Waals surface area contributed by atoms with Gasteiger partial charge in [-0.15, -0.1) is 0 Å². The fourth-order valence-corrected chi connectivity index (χ4v) is 2.67. The Morgan fingerprint density at radius 3 is 2.83 bits per heavy atom. The van der Waals surface area contributed by atoms with Crippen LogP contribution in [-0.4, -0.2) is 27.6 Å². The van der Waals surface area contributed by atoms with Crippen molar-refractivity contribution in [3.8, 4) is 0 Å². The first kappa shape index (κ1) is 12.8. The number of carbonyl (C=O) groups excluding carboxylic acids is 1. The molecule has 6 nitrogen and oxygen atoms in total. The molecule has 0 unspecified atom stereocenters. The van der Waals surface area contributed by atoms with E-state index in [1.165, 1.54) is 6.20 Å². The normalized spacial score (nSPS) is 23.2. The SMILES string of the molecule is NC(=O)c1cnc(N)nc1C[C@@H]1CCC[C@H]1CO. The molecule has 0 aromatic carbocycles. The van der Waals surface area contributed by atoms with Crippen LogP contribution in [0.4, 0.5) is 5.95 Å². The number of aromatic nitrogens is 2. The zero-order chi connectivity index (χ0) is 13.1. The topological polar surface area (TPSA) is 115 Å². The van der Waals surface area contributed by atoms with Crippen molar-refractivity contribution in [3.05, 3.63) is 17.5 Å². The van der Waals surface area contributed by atoms with Crippen LogP contribution >= 0.6 is 0 Å². The number of nitrogen functional groups attached to an aromatic ring is 1. The highest BCUT2D eigenvalue weighted by Crippen LogP contribution is 2.34. The number of aliphatic hydroxyl groups excluding tert-OH is 1. The van der Waals surface area contributed by atoms with Crippen molar-refractivity contribution in [1.29, 1.82) is 0 Å². The predicted molar refractivity (Wildman–Crippen MR) is 66.6 cm³/mol. The molecule has 0 saturated heterocycles. The highest BCUT2D eigenvalue weighted by Gasteiger charge is 2.28. The lowest BCUT2D eigenvalue weighted by molar-refractivity contribution is 0.0998. The molecular weight excluding hydrogens is 232 g/mol. The monoisotopic (exact) mass is 250 g/mol. The molecule has 1 saturated carbocycles. The first-order valence-electron chi connectivity index (χ1n) is 6.14. The minimum atomic E-state index is -0.538. The minimum Gasteiger partial charge on any atom is -0.396 e. The fourth-order valence-electron chi connectivity index (χ4n) is 2.67. The highest BCUT2D eigenvalue weighted by atomic mass is 16.3. The van der Waals surface area contributed by atoms with Gasteiger partial charge in [-0.3, -0.25) is 4.79 Å². The molecule has 5 N–H and O–H groups in total. The summed E-state index contributed by atoms with van der Waals surface area (Å²) in [6, 6.07) is 0. The van der Waals surface area contributed by atoms with E-state index in [9.17, 15) is 9.90 Å². The summed E-state index contributed by atoms with van der Waals surface area (Å²) in [5.74, 6) is 0.224. The quantitative estimate of drug-likeness (QED) is 0.701. The van der Waals surface area contributed by atoms with Crippen molar-refractivity contribution in [2.24, 2.45) is 17.6 Å². The van der Waals surface area contributed by atoms with Gasteiger partial charge in [-0.2, -0.15) is 0 Å². The maximum atomic E-state index is 11.3. The summed E-state index contributed by atoms with van der Waals surface area (Å²) in [5, 5.41) is 9.30. The number of rotatable bonds is 4. The van der Waals surface area contributed by atoms with Gasteiger partial charge in [0.1, 0.15) is 0 Å². The largest absolute Gasteiger partial charge is 0.396 e. The van der Waals surface area contributed by atoms with E-state index < -0.39 is 5.91 Å². The molecule has 1 aliphatic carbocycles. The summed E-state index contributed by atoms with van der Waals surface area (Å²) in [5.41, 5.74) is 11.8. The van der Waals surface area contributed by atoms with Crippen LogP contribution in [0.25, 0.3) is 0 Å². The first-order chi connectivity index (χ1) is 8.61. The molecule has 1 heterocycles. The van der Waals surface area contributed by atoms with Gasteiger partial charge in [-0.1, -0.05) is 6.42 Å². The van der Waals surface area contributed by atoms with Crippen LogP contribution in [0, 0.1) is 11.8 Å². The van der Waals surface area contributed by atoms with Gasteiger partial charge in [0.05, 0.1) is 11.3 Å². The molecular formula is C12H18N4O2. The molecule has 1 aromatic rings. The Kier molecular flexibility index (Phi) is 3.76. The summed E-state index contributed by atoms with van der Waals surface area (Å²) in [6.07, 6.45) is 5.16. The van der Waals surface area contributed by atoms with E-state index in [1.54, 1.807) is 0 Å². The molecule has 1 fully saturated rings. The number of primary amides is 1. The van der Waals surface area contributed by atoms with Crippen LogP contribution in [0.2, 0.25) is 0 Å². The first-order valence-corrected chi connectivity index (χ1v) is 6.14. The van der Waals surface area contributed by atoms with E-state index in [0.29, 0.717) is 23.6 Å². The molecule has 1 aliphatic rings. The summed E-state index contributed by atoms with van der Waals surface area (Å²) < 4.78 is 0. The third-order valence-electron chi connectivity index (χ3n) is 3.66. The smallest absolute Gasteiger partial charge is 0.252 e. The number of anilines is 1. The number of amides is 1. The Balaban J connectivity index is 2.22. The standard InChI is InChI=1S/C12H18N4O2/c13-11(18)9-5-15-12(14)16-10(9)4-7-2-1-3-8(7)6-17/h5,7-8,17H,1-4,6H2,(H2,13,18)(H2,14,15,16)/t7-,8-/m0/s1. The molecule has 0 spiro atoms. The van der Waals surface area contributed by atoms with Crippen molar-refractivity contribution >= 4 is 11.9 Å². The predicted octanol–water partition coefficient (Wildman–Crippen LogP) is 0.109. The van der Waals surface area contributed by atoms with E-state index in [2.05, 4.69) is 9.97 Å². The van der Waals surface area contributed by atoms with E-state index in [0.717, 1.165) is 19.3 Å². The number of nitrogens with zero attached hydrogens (tertiary/aromatic N) is 2. The number of nitrogens with two attached hydrogens (primary N) is 2. The van der Waals surface area contributed by atoms with Gasteiger partial charge >= 0.3 is 0 Å². The second-order valence-electron chi connectivity index (χ2n) is 4.79. The maximum Gasteiger partial charge on any atom is 0.252 e. The van der Waals surface area contributed by atoms with Gasteiger partial charge in [0.2, 0.25) is 5.95 Å². The second-order valence-corrected chi connectivity index (χ2v) is 4.79. The lowest BCUT2D eigenvalue weighted by Gasteiger charge is -2.17. The minimum absolute atomic E-state index is 0.147. The zero-order valence-corrected chi connectivity index (χ0v) is 10.2. The van der Waals surface area contributed by atoms with Crippen LogP contribution in [-0.2, 0) is 6.42 Å². The average molecular weight is 250 g/mol. The third kappa shape index (κ3) is 2.59. The van der Waals surface area contributed by atoms with Crippen LogP contribution in [0.15, 0.2) is 6.20 Å². The van der Waals surface area contributed by atoms with Gasteiger partial charge in [0.25, 0.3) is 5.91 Å². The Labute approximate surface area is 105 Å². The average Bonchev–Trinajstić information content (AvgIpc) is 2.76. The lowest BCUT2D eigenvalue weighted by atomic mass is 9.91. The van der Waals surface area contributed by atoms with E-state index >= 15 is 0 Å². The van der Waals surface area contributed by atoms with Crippen molar-refractivity contribution in [1.82, 2.24) is 9.97 Å². The molecule has 6 heteroatoms. The number of hydrogen-bond acceptors (Lipinski definition) is 5. The van der Waals surface area contributed by atoms with Gasteiger partial charge in [-0.05, 0) is 31.1 Å². The maximum absolute atomic E-state index is 11.3. The van der Waals surface area contributed by atoms with Crippen LogP contribution in [0.1, 0.15) is 35.3 Å². The zero-order valence-electron chi connectivity index (χ0n) is 10.2. The summed E-state index contributed by atoms with van der Waals surface area (Å²) in [6.45, 7) is 0.178. The second kappa shape index (κ2) is 5.30. The van der Waals surface area contributed by atoms with E-state index in [4.69, 9.17) is 11.5 Å². The molecule has 1 aromatic heterocycles. The Bertz CT molecular complexity index is 450. The fraction of sp³-hybridized carbons (Fsp3) is 0.583. The molecule has 2 atom stereocenters. The van der Waals surface area contributed by atoms with Crippen molar-refractivity contribution < 1.29 is 9.90 Å². The summed E-state index contributed by atoms with van der Waals surface area (Å²) in [4.78, 5) is 19.2. The Morgan fingerprint density at radius 2 is 2.17 bits per heavy atom. The third-order valence-corrected chi connectivity index (χ3v) is 3.66. The van der Waals surface area contributed by atoms with Gasteiger partial charge in [0, 0.05) is 12.8 Å². The highest BCUT2D eigenvalue weighted by molar-refractivity contribution is 5.93. The van der Waals surface area contributed by atoms with Crippen LogP contribution in [0.5, 0.6) is 0 Å². The molecule has 0 bridgehead atoms. The lowest BCUT2D eigenvalue weighted by Crippen LogP contribution is -2.21. The van der Waals surface area contributed by atoms with Crippen molar-refractivity contribution in [2.75, 3.05) is 12.3 Å². The molecule has 2 rings (SSSR count). The van der Waals surface area contributed by atoms with E-state index in [-0.39, 0.29) is 18.5 Å². The van der Waals surface area contributed by atoms with Crippen LogP contribution in [0.3, 0.4) is 0 Å². The van der Waals surface area contributed by atoms with Gasteiger partial charge in [0.15, 0.2) is 0 Å². The molecule has 98 valence electrons. The number of hydrogen-bond donors (Lipinski definition) is 3. The molecule has 1 amide bonds.